The number of halogens is 2. The van der Waals surface area contributed by atoms with Crippen LogP contribution in [0.5, 0.6) is 0 Å². The maximum atomic E-state index is 5.96. The zero-order valence-corrected chi connectivity index (χ0v) is 11.5. The Morgan fingerprint density at radius 2 is 2.27 bits per heavy atom. The van der Waals surface area contributed by atoms with Crippen LogP contribution in [-0.4, -0.2) is 16.2 Å². The van der Waals surface area contributed by atoms with Crippen molar-refractivity contribution in [2.75, 3.05) is 11.9 Å². The number of unbranched alkanes of at least 4 members (excludes halogenated alkanes) is 1. The van der Waals surface area contributed by atoms with Crippen LogP contribution in [0, 0.1) is 0 Å². The maximum Gasteiger partial charge on any atom is 0.0417 e. The normalized spacial score (nSPS) is 15.6. The smallest absolute Gasteiger partial charge is 0.0417 e. The van der Waals surface area contributed by atoms with Gasteiger partial charge in [-0.2, -0.15) is 0 Å². The highest BCUT2D eigenvalue weighted by molar-refractivity contribution is 9.09. The Balaban J connectivity index is 1.91. The van der Waals surface area contributed by atoms with Gasteiger partial charge in [0.15, 0.2) is 0 Å². The molecule has 1 aromatic carbocycles. The zero-order chi connectivity index (χ0) is 10.7. The number of fused-ring (bicyclic) bond motifs is 1. The van der Waals surface area contributed by atoms with E-state index in [2.05, 4.69) is 32.4 Å². The number of hydrogen-bond donors (Lipinski definition) is 0. The highest BCUT2D eigenvalue weighted by Gasteiger charge is 2.19. The second-order valence-corrected chi connectivity index (χ2v) is 5.97. The minimum atomic E-state index is 0.837. The Labute approximate surface area is 108 Å². The van der Waals surface area contributed by atoms with Gasteiger partial charge >= 0.3 is 0 Å². The first-order chi connectivity index (χ1) is 7.29. The fourth-order valence-corrected chi connectivity index (χ4v) is 3.38. The van der Waals surface area contributed by atoms with Gasteiger partial charge in [0.1, 0.15) is 0 Å². The van der Waals surface area contributed by atoms with Gasteiger partial charge in [-0.15, -0.1) is 0 Å². The van der Waals surface area contributed by atoms with E-state index in [4.69, 9.17) is 11.6 Å². The van der Waals surface area contributed by atoms with E-state index in [1.807, 2.05) is 18.0 Å². The summed E-state index contributed by atoms with van der Waals surface area (Å²) >= 11 is 11.2. The van der Waals surface area contributed by atoms with Gasteiger partial charge in [0.2, 0.25) is 0 Å². The lowest BCUT2D eigenvalue weighted by Crippen LogP contribution is -2.11. The third-order valence-corrected chi connectivity index (χ3v) is 4.34. The molecule has 0 atom stereocenters. The fraction of sp³-hybridized carbons (Fsp3) is 0.455. The van der Waals surface area contributed by atoms with E-state index in [0.717, 1.165) is 23.4 Å². The number of hydrogen-bond acceptors (Lipinski definition) is 2. The molecule has 1 nitrogen and oxygen atoms in total. The first-order valence-electron chi connectivity index (χ1n) is 5.07. The molecule has 0 aliphatic carbocycles. The summed E-state index contributed by atoms with van der Waals surface area (Å²) in [5.41, 5.74) is 1.41. The molecule has 0 amide bonds. The summed E-state index contributed by atoms with van der Waals surface area (Å²) < 4.78 is 2.41. The van der Waals surface area contributed by atoms with E-state index in [9.17, 15) is 0 Å². The molecule has 0 bridgehead atoms. The fourth-order valence-electron chi connectivity index (χ4n) is 1.61. The first-order valence-corrected chi connectivity index (χ1v) is 7.34. The van der Waals surface area contributed by atoms with E-state index in [1.54, 1.807) is 0 Å². The van der Waals surface area contributed by atoms with Gasteiger partial charge in [0.25, 0.3) is 0 Å². The highest BCUT2D eigenvalue weighted by atomic mass is 79.9. The molecule has 15 heavy (non-hydrogen) atoms. The van der Waals surface area contributed by atoms with Crippen LogP contribution in [0.3, 0.4) is 0 Å². The van der Waals surface area contributed by atoms with Crippen molar-refractivity contribution < 1.29 is 0 Å². The van der Waals surface area contributed by atoms with Crippen LogP contribution in [0.15, 0.2) is 23.1 Å². The molecule has 0 saturated carbocycles. The molecule has 1 aromatic rings. The molecule has 1 aliphatic rings. The van der Waals surface area contributed by atoms with E-state index in [0.29, 0.717) is 0 Å². The van der Waals surface area contributed by atoms with Crippen LogP contribution in [-0.2, 0) is 6.54 Å². The molecule has 0 aromatic heterocycles. The Morgan fingerprint density at radius 3 is 3.07 bits per heavy atom. The van der Waals surface area contributed by atoms with Crippen LogP contribution in [0.2, 0.25) is 5.02 Å². The molecule has 1 aliphatic heterocycles. The lowest BCUT2D eigenvalue weighted by atomic mass is 10.2. The van der Waals surface area contributed by atoms with Crippen molar-refractivity contribution >= 4 is 39.5 Å². The topological polar surface area (TPSA) is 3.24 Å². The number of alkyl halides is 1. The van der Waals surface area contributed by atoms with Crippen molar-refractivity contribution in [1.29, 1.82) is 0 Å². The summed E-state index contributed by atoms with van der Waals surface area (Å²) in [7, 11) is 0. The van der Waals surface area contributed by atoms with Crippen molar-refractivity contribution in [2.45, 2.75) is 24.3 Å². The summed E-state index contributed by atoms with van der Waals surface area (Å²) in [6.07, 6.45) is 2.49. The van der Waals surface area contributed by atoms with Crippen molar-refractivity contribution in [3.63, 3.8) is 0 Å². The Morgan fingerprint density at radius 1 is 1.40 bits per heavy atom. The van der Waals surface area contributed by atoms with Gasteiger partial charge in [0, 0.05) is 28.3 Å². The average molecular weight is 307 g/mol. The lowest BCUT2D eigenvalue weighted by molar-refractivity contribution is 0.465. The Bertz CT molecular complexity index is 345. The molecule has 4 heteroatoms. The van der Waals surface area contributed by atoms with Crippen LogP contribution < -0.4 is 0 Å². The molecule has 0 fully saturated rings. The lowest BCUT2D eigenvalue weighted by Gasteiger charge is -2.11. The number of nitrogens with zero attached hydrogens (tertiary/aromatic N) is 1. The van der Waals surface area contributed by atoms with E-state index >= 15 is 0 Å². The summed E-state index contributed by atoms with van der Waals surface area (Å²) in [6, 6.07) is 6.17. The van der Waals surface area contributed by atoms with Crippen molar-refractivity contribution in [3.8, 4) is 0 Å². The third kappa shape index (κ3) is 3.13. The summed E-state index contributed by atoms with van der Waals surface area (Å²) in [5.74, 6) is 0. The minimum absolute atomic E-state index is 0.837. The Hall–Kier alpha value is 0.300. The van der Waals surface area contributed by atoms with Gasteiger partial charge < -0.3 is 0 Å². The summed E-state index contributed by atoms with van der Waals surface area (Å²) in [4.78, 5) is 1.32. The first kappa shape index (κ1) is 11.8. The number of benzene rings is 1. The van der Waals surface area contributed by atoms with E-state index in [1.165, 1.54) is 23.3 Å². The van der Waals surface area contributed by atoms with Crippen molar-refractivity contribution in [3.05, 3.63) is 28.8 Å². The third-order valence-electron chi connectivity index (χ3n) is 2.39. The van der Waals surface area contributed by atoms with E-state index in [-0.39, 0.29) is 0 Å². The van der Waals surface area contributed by atoms with Crippen molar-refractivity contribution in [1.82, 2.24) is 4.31 Å². The molecular weight excluding hydrogens is 294 g/mol. The molecule has 0 spiro atoms. The van der Waals surface area contributed by atoms with Crippen LogP contribution >= 0.6 is 39.5 Å². The predicted molar refractivity (Wildman–Crippen MR) is 70.7 cm³/mol. The van der Waals surface area contributed by atoms with Gasteiger partial charge in [0.05, 0.1) is 0 Å². The van der Waals surface area contributed by atoms with Gasteiger partial charge in [-0.3, -0.25) is 0 Å². The molecule has 0 saturated heterocycles. The zero-order valence-electron chi connectivity index (χ0n) is 8.38. The molecule has 0 radical (unpaired) electrons. The molecule has 0 N–H and O–H groups in total. The second kappa shape index (κ2) is 5.58. The minimum Gasteiger partial charge on any atom is -0.242 e. The number of rotatable bonds is 4. The van der Waals surface area contributed by atoms with Crippen molar-refractivity contribution in [2.24, 2.45) is 0 Å². The molecule has 0 unspecified atom stereocenters. The van der Waals surface area contributed by atoms with E-state index < -0.39 is 0 Å². The molecular formula is C11H13BrClNS. The van der Waals surface area contributed by atoms with Gasteiger partial charge in [-0.1, -0.05) is 33.6 Å². The standard InChI is InChI=1S/C11H13BrClNS/c12-5-1-2-6-14-8-9-3-4-10(13)7-11(9)15-14/h3-4,7H,1-2,5-6,8H2. The Kier molecular flexibility index (Phi) is 4.38. The monoisotopic (exact) mass is 305 g/mol. The molecule has 2 rings (SSSR count). The van der Waals surface area contributed by atoms with Gasteiger partial charge in [-0.25, -0.2) is 4.31 Å². The summed E-state index contributed by atoms with van der Waals surface area (Å²) in [5, 5.41) is 1.94. The second-order valence-electron chi connectivity index (χ2n) is 3.60. The van der Waals surface area contributed by atoms with Crippen LogP contribution in [0.25, 0.3) is 0 Å². The SMILES string of the molecule is Clc1ccc2c(c1)SN(CCCCBr)C2. The summed E-state index contributed by atoms with van der Waals surface area (Å²) in [6.45, 7) is 2.21. The molecule has 82 valence electrons. The largest absolute Gasteiger partial charge is 0.242 e. The van der Waals surface area contributed by atoms with Gasteiger partial charge in [-0.05, 0) is 42.5 Å². The van der Waals surface area contributed by atoms with Crippen LogP contribution in [0.1, 0.15) is 18.4 Å². The average Bonchev–Trinajstić information content (AvgIpc) is 2.60. The molecule has 1 heterocycles. The predicted octanol–water partition coefficient (Wildman–Crippen LogP) is 4.34. The maximum absolute atomic E-state index is 5.96. The highest BCUT2D eigenvalue weighted by Crippen LogP contribution is 2.37. The quantitative estimate of drug-likeness (QED) is 0.462. The van der Waals surface area contributed by atoms with Crippen LogP contribution in [0.4, 0.5) is 0 Å².